The third-order valence-electron chi connectivity index (χ3n) is 3.79. The molecular weight excluding hydrogens is 258 g/mol. The lowest BCUT2D eigenvalue weighted by molar-refractivity contribution is 0.483. The summed E-state index contributed by atoms with van der Waals surface area (Å²) in [5.41, 5.74) is 3.35. The van der Waals surface area contributed by atoms with Crippen LogP contribution in [0.3, 0.4) is 0 Å². The predicted molar refractivity (Wildman–Crippen MR) is 76.8 cm³/mol. The van der Waals surface area contributed by atoms with Gasteiger partial charge < -0.3 is 5.32 Å². The Morgan fingerprint density at radius 2 is 2.32 bits per heavy atom. The van der Waals surface area contributed by atoms with Crippen molar-refractivity contribution in [2.45, 2.75) is 19.4 Å². The second-order valence-electron chi connectivity index (χ2n) is 4.99. The molecule has 3 aromatic rings. The van der Waals surface area contributed by atoms with Crippen molar-refractivity contribution in [3.8, 4) is 0 Å². The van der Waals surface area contributed by atoms with Crippen molar-refractivity contribution in [3.63, 3.8) is 0 Å². The maximum atomic E-state index is 4.77. The second kappa shape index (κ2) is 3.84. The number of thiophene rings is 1. The van der Waals surface area contributed by atoms with Gasteiger partial charge in [0.15, 0.2) is 5.65 Å². The molecule has 0 radical (unpaired) electrons. The van der Waals surface area contributed by atoms with Crippen LogP contribution in [0.1, 0.15) is 23.7 Å². The minimum atomic E-state index is 0.342. The molecule has 0 spiro atoms. The average Bonchev–Trinajstić information content (AvgIpc) is 3.09. The summed E-state index contributed by atoms with van der Waals surface area (Å²) in [4.78, 5) is 0. The standard InChI is InChI=1S/C13H15N5S/c1-8-11-12-14-5-3-10(9-4-6-19-7-9)18(12)16-13(11)17(2)15-8/h4,6-7,10,14H,3,5H2,1-2H3. The molecule has 19 heavy (non-hydrogen) atoms. The quantitative estimate of drug-likeness (QED) is 0.741. The van der Waals surface area contributed by atoms with Gasteiger partial charge in [-0.05, 0) is 35.7 Å². The summed E-state index contributed by atoms with van der Waals surface area (Å²) in [6.45, 7) is 3.02. The largest absolute Gasteiger partial charge is 0.370 e. The van der Waals surface area contributed by atoms with Crippen LogP contribution in [0.25, 0.3) is 11.0 Å². The van der Waals surface area contributed by atoms with E-state index in [1.807, 2.05) is 18.7 Å². The molecule has 6 heteroatoms. The Morgan fingerprint density at radius 1 is 1.42 bits per heavy atom. The van der Waals surface area contributed by atoms with Crippen LogP contribution in [0.5, 0.6) is 0 Å². The minimum Gasteiger partial charge on any atom is -0.370 e. The van der Waals surface area contributed by atoms with E-state index in [9.17, 15) is 0 Å². The summed E-state index contributed by atoms with van der Waals surface area (Å²) in [6.07, 6.45) is 1.07. The number of nitrogens with zero attached hydrogens (tertiary/aromatic N) is 4. The Morgan fingerprint density at radius 3 is 3.11 bits per heavy atom. The summed E-state index contributed by atoms with van der Waals surface area (Å²) < 4.78 is 3.99. The number of hydrogen-bond acceptors (Lipinski definition) is 4. The van der Waals surface area contributed by atoms with E-state index >= 15 is 0 Å². The molecule has 0 saturated carbocycles. The van der Waals surface area contributed by atoms with E-state index < -0.39 is 0 Å². The zero-order valence-corrected chi connectivity index (χ0v) is 11.7. The molecular formula is C13H15N5S. The average molecular weight is 273 g/mol. The topological polar surface area (TPSA) is 47.7 Å². The summed E-state index contributed by atoms with van der Waals surface area (Å²) in [7, 11) is 1.95. The second-order valence-corrected chi connectivity index (χ2v) is 5.77. The van der Waals surface area contributed by atoms with E-state index in [1.165, 1.54) is 5.56 Å². The lowest BCUT2D eigenvalue weighted by Gasteiger charge is -2.25. The monoisotopic (exact) mass is 273 g/mol. The Bertz CT molecular complexity index is 737. The highest BCUT2D eigenvalue weighted by Crippen LogP contribution is 2.36. The molecule has 3 aromatic heterocycles. The first-order valence-corrected chi connectivity index (χ1v) is 7.38. The molecule has 5 nitrogen and oxygen atoms in total. The molecule has 0 aromatic carbocycles. The summed E-state index contributed by atoms with van der Waals surface area (Å²) in [6, 6.07) is 2.54. The van der Waals surface area contributed by atoms with Gasteiger partial charge >= 0.3 is 0 Å². The number of aromatic nitrogens is 4. The van der Waals surface area contributed by atoms with E-state index in [4.69, 9.17) is 5.10 Å². The predicted octanol–water partition coefficient (Wildman–Crippen LogP) is 2.54. The van der Waals surface area contributed by atoms with Crippen LogP contribution in [0.15, 0.2) is 16.8 Å². The molecule has 4 rings (SSSR count). The van der Waals surface area contributed by atoms with Crippen molar-refractivity contribution in [1.82, 2.24) is 19.6 Å². The van der Waals surface area contributed by atoms with Crippen LogP contribution >= 0.6 is 11.3 Å². The first-order chi connectivity index (χ1) is 9.25. The van der Waals surface area contributed by atoms with Crippen LogP contribution in [-0.4, -0.2) is 26.1 Å². The van der Waals surface area contributed by atoms with Gasteiger partial charge in [-0.2, -0.15) is 21.5 Å². The molecule has 0 amide bonds. The number of nitrogens with one attached hydrogen (secondary N) is 1. The van der Waals surface area contributed by atoms with Crippen molar-refractivity contribution >= 4 is 28.2 Å². The van der Waals surface area contributed by atoms with Crippen LogP contribution in [0.2, 0.25) is 0 Å². The Kier molecular flexibility index (Phi) is 2.23. The maximum Gasteiger partial charge on any atom is 0.182 e. The Hall–Kier alpha value is -1.82. The van der Waals surface area contributed by atoms with Gasteiger partial charge in [0.2, 0.25) is 0 Å². The summed E-state index contributed by atoms with van der Waals surface area (Å²) in [5.74, 6) is 1.11. The number of fused-ring (bicyclic) bond motifs is 3. The van der Waals surface area contributed by atoms with Gasteiger partial charge in [-0.25, -0.2) is 9.36 Å². The van der Waals surface area contributed by atoms with Crippen molar-refractivity contribution in [2.24, 2.45) is 7.05 Å². The maximum absolute atomic E-state index is 4.77. The number of rotatable bonds is 1. The molecule has 1 aliphatic heterocycles. The normalized spacial score (nSPS) is 18.5. The lowest BCUT2D eigenvalue weighted by atomic mass is 10.1. The van der Waals surface area contributed by atoms with Gasteiger partial charge in [0.25, 0.3) is 0 Å². The van der Waals surface area contributed by atoms with Crippen LogP contribution < -0.4 is 5.32 Å². The highest BCUT2D eigenvalue weighted by Gasteiger charge is 2.27. The summed E-state index contributed by atoms with van der Waals surface area (Å²) >= 11 is 1.74. The van der Waals surface area contributed by atoms with Crippen molar-refractivity contribution in [1.29, 1.82) is 0 Å². The van der Waals surface area contributed by atoms with E-state index in [-0.39, 0.29) is 0 Å². The number of aryl methyl sites for hydroxylation is 2. The van der Waals surface area contributed by atoms with E-state index in [0.29, 0.717) is 6.04 Å². The molecule has 1 atom stereocenters. The highest BCUT2D eigenvalue weighted by atomic mass is 32.1. The van der Waals surface area contributed by atoms with Crippen LogP contribution in [-0.2, 0) is 7.05 Å². The Balaban J connectivity index is 1.96. The molecule has 0 aliphatic carbocycles. The molecule has 0 fully saturated rings. The molecule has 0 saturated heterocycles. The number of hydrogen-bond donors (Lipinski definition) is 1. The zero-order valence-electron chi connectivity index (χ0n) is 10.9. The molecule has 1 unspecified atom stereocenters. The van der Waals surface area contributed by atoms with E-state index in [0.717, 1.165) is 35.5 Å². The first kappa shape index (κ1) is 11.0. The summed E-state index contributed by atoms with van der Waals surface area (Å²) in [5, 5.41) is 18.2. The molecule has 0 bridgehead atoms. The third kappa shape index (κ3) is 1.46. The van der Waals surface area contributed by atoms with Gasteiger partial charge in [-0.3, -0.25) is 0 Å². The van der Waals surface area contributed by atoms with E-state index in [1.54, 1.807) is 11.3 Å². The van der Waals surface area contributed by atoms with Gasteiger partial charge in [0.1, 0.15) is 5.82 Å². The molecule has 1 aliphatic rings. The molecule has 4 heterocycles. The van der Waals surface area contributed by atoms with Crippen LogP contribution in [0, 0.1) is 6.92 Å². The van der Waals surface area contributed by atoms with Crippen molar-refractivity contribution in [2.75, 3.05) is 11.9 Å². The SMILES string of the molecule is Cc1nn(C)c2nn3c(c12)NCCC3c1ccsc1. The van der Waals surface area contributed by atoms with Gasteiger partial charge in [0.05, 0.1) is 17.1 Å². The van der Waals surface area contributed by atoms with Gasteiger partial charge in [-0.1, -0.05) is 0 Å². The van der Waals surface area contributed by atoms with Gasteiger partial charge in [0, 0.05) is 13.6 Å². The third-order valence-corrected chi connectivity index (χ3v) is 4.50. The fraction of sp³-hybridized carbons (Fsp3) is 0.385. The fourth-order valence-corrected chi connectivity index (χ4v) is 3.63. The first-order valence-electron chi connectivity index (χ1n) is 6.43. The number of anilines is 1. The van der Waals surface area contributed by atoms with Crippen molar-refractivity contribution < 1.29 is 0 Å². The Labute approximate surface area is 114 Å². The molecule has 1 N–H and O–H groups in total. The minimum absolute atomic E-state index is 0.342. The van der Waals surface area contributed by atoms with Crippen LogP contribution in [0.4, 0.5) is 5.82 Å². The smallest absolute Gasteiger partial charge is 0.182 e. The van der Waals surface area contributed by atoms with Gasteiger partial charge in [-0.15, -0.1) is 0 Å². The molecule has 98 valence electrons. The zero-order chi connectivity index (χ0) is 13.0. The van der Waals surface area contributed by atoms with Crippen molar-refractivity contribution in [3.05, 3.63) is 28.1 Å². The lowest BCUT2D eigenvalue weighted by Crippen LogP contribution is -2.24. The fourth-order valence-electron chi connectivity index (χ4n) is 2.92. The van der Waals surface area contributed by atoms with E-state index in [2.05, 4.69) is 31.9 Å². The highest BCUT2D eigenvalue weighted by molar-refractivity contribution is 7.07.